The Bertz CT molecular complexity index is 1070. The van der Waals surface area contributed by atoms with Gasteiger partial charge in [0.15, 0.2) is 11.5 Å². The molecule has 0 spiro atoms. The van der Waals surface area contributed by atoms with E-state index in [4.69, 9.17) is 14.2 Å². The molecule has 0 saturated carbocycles. The summed E-state index contributed by atoms with van der Waals surface area (Å²) in [4.78, 5) is 12.8. The highest BCUT2D eigenvalue weighted by atomic mass is 32.2. The van der Waals surface area contributed by atoms with Gasteiger partial charge in [0.1, 0.15) is 11.4 Å². The third kappa shape index (κ3) is 6.01. The van der Waals surface area contributed by atoms with Crippen LogP contribution in [0.25, 0.3) is 0 Å². The summed E-state index contributed by atoms with van der Waals surface area (Å²) < 4.78 is 45.5. The lowest BCUT2D eigenvalue weighted by Crippen LogP contribution is -2.33. The van der Waals surface area contributed by atoms with Crippen molar-refractivity contribution in [1.29, 1.82) is 0 Å². The molecule has 0 radical (unpaired) electrons. The van der Waals surface area contributed by atoms with Crippen LogP contribution in [0.3, 0.4) is 0 Å². The molecule has 34 heavy (non-hydrogen) atoms. The Morgan fingerprint density at radius 1 is 1.03 bits per heavy atom. The van der Waals surface area contributed by atoms with Crippen molar-refractivity contribution in [2.45, 2.75) is 58.5 Å². The van der Waals surface area contributed by atoms with Gasteiger partial charge >= 0.3 is 0 Å². The van der Waals surface area contributed by atoms with E-state index in [-0.39, 0.29) is 23.9 Å². The quantitative estimate of drug-likeness (QED) is 0.454. The Morgan fingerprint density at radius 3 is 2.06 bits per heavy atom. The smallest absolute Gasteiger partial charge is 0.246 e. The molecule has 11 heteroatoms. The van der Waals surface area contributed by atoms with Crippen LogP contribution in [0.2, 0.25) is 0 Å². The number of hydrogen-bond donors (Lipinski definition) is 1. The lowest BCUT2D eigenvalue weighted by Gasteiger charge is -2.21. The van der Waals surface area contributed by atoms with Gasteiger partial charge in [-0.05, 0) is 44.4 Å². The summed E-state index contributed by atoms with van der Waals surface area (Å²) in [5.41, 5.74) is 1.58. The van der Waals surface area contributed by atoms with E-state index >= 15 is 0 Å². The van der Waals surface area contributed by atoms with Crippen molar-refractivity contribution >= 4 is 15.9 Å². The number of rotatable bonds is 13. The van der Waals surface area contributed by atoms with Gasteiger partial charge in [0, 0.05) is 19.6 Å². The minimum Gasteiger partial charge on any atom is -0.493 e. The highest BCUT2D eigenvalue weighted by molar-refractivity contribution is 7.89. The summed E-state index contributed by atoms with van der Waals surface area (Å²) in [7, 11) is 0.870. The molecule has 1 heterocycles. The van der Waals surface area contributed by atoms with Crippen molar-refractivity contribution in [3.8, 4) is 17.2 Å². The molecule has 1 N–H and O–H groups in total. The van der Waals surface area contributed by atoms with E-state index in [1.165, 1.54) is 30.3 Å². The van der Waals surface area contributed by atoms with E-state index in [1.54, 1.807) is 26.0 Å². The summed E-state index contributed by atoms with van der Waals surface area (Å²) in [6, 6.07) is 3.51. The van der Waals surface area contributed by atoms with Gasteiger partial charge in [0.05, 0.1) is 32.7 Å². The number of sulfonamides is 1. The molecule has 1 amide bonds. The van der Waals surface area contributed by atoms with Crippen LogP contribution in [0.15, 0.2) is 17.0 Å². The Labute approximate surface area is 202 Å². The molecule has 10 nitrogen and oxygen atoms in total. The summed E-state index contributed by atoms with van der Waals surface area (Å²) in [5.74, 6) is 1.14. The third-order valence-electron chi connectivity index (χ3n) is 5.37. The number of aryl methyl sites for hydroxylation is 1. The molecule has 0 aliphatic carbocycles. The molecule has 2 aromatic rings. The van der Waals surface area contributed by atoms with Crippen molar-refractivity contribution in [2.75, 3.05) is 34.4 Å². The van der Waals surface area contributed by atoms with E-state index < -0.39 is 10.0 Å². The van der Waals surface area contributed by atoms with Gasteiger partial charge in [-0.15, -0.1) is 0 Å². The fourth-order valence-corrected chi connectivity index (χ4v) is 5.81. The third-order valence-corrected chi connectivity index (χ3v) is 7.52. The molecule has 0 atom stereocenters. The first-order valence-corrected chi connectivity index (χ1v) is 12.7. The minimum atomic E-state index is -3.70. The van der Waals surface area contributed by atoms with Gasteiger partial charge < -0.3 is 19.5 Å². The van der Waals surface area contributed by atoms with Crippen LogP contribution in [0.4, 0.5) is 0 Å². The maximum Gasteiger partial charge on any atom is 0.246 e. The fourth-order valence-electron chi connectivity index (χ4n) is 3.82. The van der Waals surface area contributed by atoms with Crippen LogP contribution < -0.4 is 19.5 Å². The number of aromatic nitrogens is 2. The predicted octanol–water partition coefficient (Wildman–Crippen LogP) is 2.65. The van der Waals surface area contributed by atoms with Crippen LogP contribution in [0, 0.1) is 13.8 Å². The lowest BCUT2D eigenvalue weighted by atomic mass is 10.1. The normalized spacial score (nSPS) is 11.5. The van der Waals surface area contributed by atoms with Gasteiger partial charge in [-0.2, -0.15) is 9.40 Å². The highest BCUT2D eigenvalue weighted by Gasteiger charge is 2.30. The first-order chi connectivity index (χ1) is 16.1. The van der Waals surface area contributed by atoms with Gasteiger partial charge in [-0.25, -0.2) is 8.42 Å². The first-order valence-electron chi connectivity index (χ1n) is 11.2. The largest absolute Gasteiger partial charge is 0.493 e. The van der Waals surface area contributed by atoms with Crippen LogP contribution in [-0.2, 0) is 27.9 Å². The standard InChI is InChI=1S/C23H36N4O6S/c1-8-10-26(11-9-2)34(29,30)23-16(3)25-27(17(23)4)15-21(28)24-14-18-12-19(31-5)22(33-7)20(13-18)32-6/h12-13H,8-11,14-15H2,1-7H3,(H,24,28). The molecule has 1 aromatic carbocycles. The summed E-state index contributed by atoms with van der Waals surface area (Å²) in [6.45, 7) is 8.22. The Hall–Kier alpha value is -2.79. The monoisotopic (exact) mass is 496 g/mol. The Kier molecular flexibility index (Phi) is 9.75. The molecule has 0 unspecified atom stereocenters. The van der Waals surface area contributed by atoms with E-state index in [1.807, 2.05) is 13.8 Å². The second kappa shape index (κ2) is 12.1. The van der Waals surface area contributed by atoms with Crippen LogP contribution in [0.1, 0.15) is 43.6 Å². The molecule has 2 rings (SSSR count). The van der Waals surface area contributed by atoms with Crippen LogP contribution >= 0.6 is 0 Å². The number of hydrogen-bond acceptors (Lipinski definition) is 7. The number of nitrogens with zero attached hydrogens (tertiary/aromatic N) is 3. The second-order valence-electron chi connectivity index (χ2n) is 7.87. The van der Waals surface area contributed by atoms with E-state index in [0.29, 0.717) is 41.7 Å². The van der Waals surface area contributed by atoms with Crippen LogP contribution in [-0.4, -0.2) is 62.8 Å². The molecule has 0 aliphatic rings. The first kappa shape index (κ1) is 27.5. The number of benzene rings is 1. The zero-order chi connectivity index (χ0) is 25.5. The maximum atomic E-state index is 13.3. The van der Waals surface area contributed by atoms with Crippen molar-refractivity contribution < 1.29 is 27.4 Å². The number of methoxy groups -OCH3 is 3. The highest BCUT2D eigenvalue weighted by Crippen LogP contribution is 2.38. The number of amides is 1. The van der Waals surface area contributed by atoms with E-state index in [9.17, 15) is 13.2 Å². The molecule has 0 saturated heterocycles. The zero-order valence-electron chi connectivity index (χ0n) is 21.1. The predicted molar refractivity (Wildman–Crippen MR) is 129 cm³/mol. The second-order valence-corrected chi connectivity index (χ2v) is 9.75. The van der Waals surface area contributed by atoms with Gasteiger partial charge in [-0.1, -0.05) is 13.8 Å². The van der Waals surface area contributed by atoms with Gasteiger partial charge in [-0.3, -0.25) is 9.48 Å². The number of ether oxygens (including phenoxy) is 3. The average Bonchev–Trinajstić information content (AvgIpc) is 3.09. The average molecular weight is 497 g/mol. The number of carbonyl (C=O) groups is 1. The molecule has 1 aromatic heterocycles. The fraction of sp³-hybridized carbons (Fsp3) is 0.565. The van der Waals surface area contributed by atoms with Crippen molar-refractivity contribution in [3.63, 3.8) is 0 Å². The molecule has 0 bridgehead atoms. The Morgan fingerprint density at radius 2 is 1.59 bits per heavy atom. The summed E-state index contributed by atoms with van der Waals surface area (Å²) >= 11 is 0. The molecule has 190 valence electrons. The Balaban J connectivity index is 2.19. The molecule has 0 fully saturated rings. The number of carbonyl (C=O) groups excluding carboxylic acids is 1. The molecule has 0 aliphatic heterocycles. The van der Waals surface area contributed by atoms with Gasteiger partial charge in [0.2, 0.25) is 21.7 Å². The van der Waals surface area contributed by atoms with Crippen molar-refractivity contribution in [1.82, 2.24) is 19.4 Å². The summed E-state index contributed by atoms with van der Waals surface area (Å²) in [5, 5.41) is 7.18. The summed E-state index contributed by atoms with van der Waals surface area (Å²) in [6.07, 6.45) is 1.43. The van der Waals surface area contributed by atoms with E-state index in [2.05, 4.69) is 10.4 Å². The molecular weight excluding hydrogens is 460 g/mol. The van der Waals surface area contributed by atoms with Crippen LogP contribution in [0.5, 0.6) is 17.2 Å². The maximum absolute atomic E-state index is 13.3. The van der Waals surface area contributed by atoms with E-state index in [0.717, 1.165) is 18.4 Å². The topological polar surface area (TPSA) is 112 Å². The molecular formula is C23H36N4O6S. The van der Waals surface area contributed by atoms with Crippen molar-refractivity contribution in [3.05, 3.63) is 29.1 Å². The SMILES string of the molecule is CCCN(CCC)S(=O)(=O)c1c(C)nn(CC(=O)NCc2cc(OC)c(OC)c(OC)c2)c1C. The zero-order valence-corrected chi connectivity index (χ0v) is 21.9. The van der Waals surface area contributed by atoms with Gasteiger partial charge in [0.25, 0.3) is 0 Å². The number of nitrogens with one attached hydrogen (secondary N) is 1. The van der Waals surface area contributed by atoms with Crippen molar-refractivity contribution in [2.24, 2.45) is 0 Å². The lowest BCUT2D eigenvalue weighted by molar-refractivity contribution is -0.122. The minimum absolute atomic E-state index is 0.103.